The van der Waals surface area contributed by atoms with Gasteiger partial charge in [-0.1, -0.05) is 37.6 Å². The number of allylic oxidation sites excluding steroid dienone is 3. The van der Waals surface area contributed by atoms with Crippen molar-refractivity contribution in [2.45, 2.75) is 33.1 Å². The third-order valence-corrected chi connectivity index (χ3v) is 5.04. The second kappa shape index (κ2) is 7.62. The minimum absolute atomic E-state index is 0.276. The van der Waals surface area contributed by atoms with Crippen LogP contribution in [0.2, 0.25) is 0 Å². The average Bonchev–Trinajstić information content (AvgIpc) is 3.06. The van der Waals surface area contributed by atoms with E-state index in [2.05, 4.69) is 6.58 Å². The zero-order valence-electron chi connectivity index (χ0n) is 14.7. The van der Waals surface area contributed by atoms with Crippen LogP contribution in [0.25, 0.3) is 0 Å². The van der Waals surface area contributed by atoms with Crippen LogP contribution in [-0.4, -0.2) is 12.1 Å². The summed E-state index contributed by atoms with van der Waals surface area (Å²) in [6.45, 7) is 6.01. The van der Waals surface area contributed by atoms with Crippen molar-refractivity contribution in [3.63, 3.8) is 0 Å². The molecule has 0 spiro atoms. The average molecular weight is 409 g/mol. The van der Waals surface area contributed by atoms with Crippen LogP contribution in [0.3, 0.4) is 0 Å². The van der Waals surface area contributed by atoms with E-state index in [1.54, 1.807) is 13.8 Å². The molecule has 8 heteroatoms. The van der Waals surface area contributed by atoms with E-state index >= 15 is 0 Å². The minimum Gasteiger partial charge on any atom is -0.460 e. The fraction of sp³-hybridized carbons (Fsp3) is 0.421. The first-order valence-electron chi connectivity index (χ1n) is 8.08. The zero-order chi connectivity index (χ0) is 20.6. The van der Waals surface area contributed by atoms with Crippen LogP contribution in [0, 0.1) is 28.9 Å². The predicted molar refractivity (Wildman–Crippen MR) is 90.8 cm³/mol. The Labute approximate surface area is 158 Å². The monoisotopic (exact) mass is 408 g/mol. The van der Waals surface area contributed by atoms with Crippen molar-refractivity contribution in [3.05, 3.63) is 58.7 Å². The van der Waals surface area contributed by atoms with E-state index in [0.29, 0.717) is 5.56 Å². The molecule has 1 saturated carbocycles. The lowest BCUT2D eigenvalue weighted by atomic mass is 10.1. The summed E-state index contributed by atoms with van der Waals surface area (Å²) in [6.07, 6.45) is -2.16. The number of hydrogen-bond acceptors (Lipinski definition) is 2. The maximum atomic E-state index is 14.0. The molecule has 0 aliphatic heterocycles. The molecule has 2 atom stereocenters. The van der Waals surface area contributed by atoms with Crippen LogP contribution >= 0.6 is 11.6 Å². The Kier molecular flexibility index (Phi) is 6.04. The molecule has 0 heterocycles. The van der Waals surface area contributed by atoms with Gasteiger partial charge in [0, 0.05) is 0 Å². The molecule has 2 unspecified atom stereocenters. The van der Waals surface area contributed by atoms with Gasteiger partial charge in [0.05, 0.1) is 11.5 Å². The molecule has 1 aliphatic rings. The molecule has 0 radical (unpaired) electrons. The summed E-state index contributed by atoms with van der Waals surface area (Å²) in [7, 11) is 0. The molecule has 0 bridgehead atoms. The van der Waals surface area contributed by atoms with Crippen molar-refractivity contribution in [2.24, 2.45) is 17.3 Å². The van der Waals surface area contributed by atoms with Gasteiger partial charge < -0.3 is 4.74 Å². The van der Waals surface area contributed by atoms with Crippen LogP contribution in [0.5, 0.6) is 0 Å². The fourth-order valence-corrected chi connectivity index (χ4v) is 3.14. The Morgan fingerprint density at radius 1 is 1.30 bits per heavy atom. The molecular formula is C19H18ClF5O2. The molecule has 1 aliphatic carbocycles. The van der Waals surface area contributed by atoms with E-state index in [0.717, 1.165) is 18.2 Å². The highest BCUT2D eigenvalue weighted by Gasteiger charge is 2.62. The predicted octanol–water partition coefficient (Wildman–Crippen LogP) is 5.69. The lowest BCUT2D eigenvalue weighted by Gasteiger charge is -2.09. The summed E-state index contributed by atoms with van der Waals surface area (Å²) >= 11 is 5.22. The van der Waals surface area contributed by atoms with E-state index in [9.17, 15) is 26.7 Å². The van der Waals surface area contributed by atoms with Crippen LogP contribution in [-0.2, 0) is 22.6 Å². The van der Waals surface area contributed by atoms with Gasteiger partial charge in [-0.15, -0.1) is 6.58 Å². The molecule has 1 fully saturated rings. The van der Waals surface area contributed by atoms with E-state index in [4.69, 9.17) is 16.3 Å². The summed E-state index contributed by atoms with van der Waals surface area (Å²) in [5.41, 5.74) is -0.840. The molecular weight excluding hydrogens is 391 g/mol. The van der Waals surface area contributed by atoms with Crippen LogP contribution in [0.1, 0.15) is 25.0 Å². The number of rotatable bonds is 6. The fourth-order valence-electron chi connectivity index (χ4n) is 3.00. The van der Waals surface area contributed by atoms with Crippen molar-refractivity contribution in [1.29, 1.82) is 0 Å². The van der Waals surface area contributed by atoms with Gasteiger partial charge in [0.25, 0.3) is 0 Å². The van der Waals surface area contributed by atoms with Crippen LogP contribution < -0.4 is 0 Å². The number of carbonyl (C=O) groups excluding carboxylic acids is 1. The second-order valence-electron chi connectivity index (χ2n) is 6.98. The minimum atomic E-state index is -4.70. The summed E-state index contributed by atoms with van der Waals surface area (Å²) < 4.78 is 70.7. The molecule has 1 aromatic carbocycles. The van der Waals surface area contributed by atoms with Crippen molar-refractivity contribution in [1.82, 2.24) is 0 Å². The maximum absolute atomic E-state index is 14.0. The normalized spacial score (nSPS) is 21.7. The Balaban J connectivity index is 2.08. The lowest BCUT2D eigenvalue weighted by Crippen LogP contribution is -2.12. The number of alkyl halides is 3. The molecule has 2 nitrogen and oxygen atoms in total. The first-order chi connectivity index (χ1) is 12.4. The molecule has 0 amide bonds. The van der Waals surface area contributed by atoms with Gasteiger partial charge in [0.2, 0.25) is 0 Å². The van der Waals surface area contributed by atoms with Gasteiger partial charge in [-0.05, 0) is 35.4 Å². The highest BCUT2D eigenvalue weighted by Crippen LogP contribution is 2.60. The van der Waals surface area contributed by atoms with Crippen molar-refractivity contribution < 1.29 is 31.5 Å². The van der Waals surface area contributed by atoms with Crippen molar-refractivity contribution >= 4 is 17.6 Å². The standard InChI is InChI=1S/C19H18ClF5O2/c1-4-5-10-6-13(21)11(14(22)7-10)9-27-17(26)16-12(18(16,2)3)8-15(20)19(23,24)25/h4,6-8,12,16H,1,5,9H2,2-3H3. The number of halogens is 6. The molecule has 2 rings (SSSR count). The zero-order valence-corrected chi connectivity index (χ0v) is 15.4. The second-order valence-corrected chi connectivity index (χ2v) is 7.38. The highest BCUT2D eigenvalue weighted by molar-refractivity contribution is 6.30. The number of esters is 1. The Hall–Kier alpha value is -1.89. The van der Waals surface area contributed by atoms with E-state index < -0.39 is 58.2 Å². The summed E-state index contributed by atoms with van der Waals surface area (Å²) in [4.78, 5) is 12.2. The van der Waals surface area contributed by atoms with Gasteiger partial charge in [-0.3, -0.25) is 4.79 Å². The van der Waals surface area contributed by atoms with Gasteiger partial charge in [0.1, 0.15) is 23.3 Å². The van der Waals surface area contributed by atoms with Crippen LogP contribution in [0.15, 0.2) is 35.9 Å². The number of benzene rings is 1. The van der Waals surface area contributed by atoms with E-state index in [-0.39, 0.29) is 6.42 Å². The Bertz CT molecular complexity index is 760. The number of hydrogen-bond donors (Lipinski definition) is 0. The number of ether oxygens (including phenoxy) is 1. The highest BCUT2D eigenvalue weighted by atomic mass is 35.5. The Morgan fingerprint density at radius 2 is 1.85 bits per heavy atom. The molecule has 0 saturated heterocycles. The molecule has 0 aromatic heterocycles. The molecule has 0 N–H and O–H groups in total. The largest absolute Gasteiger partial charge is 0.460 e. The summed E-state index contributed by atoms with van der Waals surface area (Å²) in [5.74, 6) is -4.22. The smallest absolute Gasteiger partial charge is 0.426 e. The molecule has 1 aromatic rings. The maximum Gasteiger partial charge on any atom is 0.426 e. The SMILES string of the molecule is C=CCc1cc(F)c(COC(=O)C2C(C=C(Cl)C(F)(F)F)C2(C)C)c(F)c1. The van der Waals surface area contributed by atoms with Gasteiger partial charge in [0.15, 0.2) is 0 Å². The lowest BCUT2D eigenvalue weighted by molar-refractivity contribution is -0.147. The summed E-state index contributed by atoms with van der Waals surface area (Å²) in [6, 6.07) is 2.23. The van der Waals surface area contributed by atoms with E-state index in [1.807, 2.05) is 0 Å². The topological polar surface area (TPSA) is 26.3 Å². The van der Waals surface area contributed by atoms with E-state index in [1.165, 1.54) is 6.08 Å². The quantitative estimate of drug-likeness (QED) is 0.343. The third-order valence-electron chi connectivity index (χ3n) is 4.70. The van der Waals surface area contributed by atoms with Crippen molar-refractivity contribution in [3.8, 4) is 0 Å². The first-order valence-corrected chi connectivity index (χ1v) is 8.46. The third kappa shape index (κ3) is 4.69. The van der Waals surface area contributed by atoms with Gasteiger partial charge >= 0.3 is 12.1 Å². The first kappa shape index (κ1) is 21.4. The van der Waals surface area contributed by atoms with Gasteiger partial charge in [-0.25, -0.2) is 8.78 Å². The van der Waals surface area contributed by atoms with Crippen LogP contribution in [0.4, 0.5) is 22.0 Å². The number of carbonyl (C=O) groups is 1. The summed E-state index contributed by atoms with van der Waals surface area (Å²) in [5, 5.41) is -1.31. The van der Waals surface area contributed by atoms with Crippen molar-refractivity contribution in [2.75, 3.05) is 0 Å². The molecule has 148 valence electrons. The van der Waals surface area contributed by atoms with Gasteiger partial charge in [-0.2, -0.15) is 13.2 Å². The Morgan fingerprint density at radius 3 is 2.33 bits per heavy atom. The molecule has 27 heavy (non-hydrogen) atoms.